The zero-order chi connectivity index (χ0) is 16.8. The molecule has 0 saturated carbocycles. The van der Waals surface area contributed by atoms with Crippen LogP contribution in [0.3, 0.4) is 0 Å². The zero-order valence-corrected chi connectivity index (χ0v) is 14.0. The summed E-state index contributed by atoms with van der Waals surface area (Å²) in [5.41, 5.74) is 0. The van der Waals surface area contributed by atoms with Crippen LogP contribution in [0.25, 0.3) is 0 Å². The van der Waals surface area contributed by atoms with E-state index in [4.69, 9.17) is 9.47 Å². The molecule has 1 atom stereocenters. The topological polar surface area (TPSA) is 42.0 Å². The van der Waals surface area contributed by atoms with Crippen molar-refractivity contribution in [3.8, 4) is 5.75 Å². The van der Waals surface area contributed by atoms with Crippen LogP contribution >= 0.6 is 0 Å². The maximum atomic E-state index is 13.1. The molecule has 24 heavy (non-hydrogen) atoms. The first-order valence-corrected chi connectivity index (χ1v) is 8.67. The molecule has 1 aromatic rings. The molecule has 6 heteroatoms. The number of hydrogen-bond donors (Lipinski definition) is 0. The van der Waals surface area contributed by atoms with Gasteiger partial charge in [0.1, 0.15) is 11.6 Å². The molecule has 132 valence electrons. The molecule has 2 heterocycles. The van der Waals surface area contributed by atoms with Crippen molar-refractivity contribution in [2.24, 2.45) is 5.92 Å². The van der Waals surface area contributed by atoms with Gasteiger partial charge in [0, 0.05) is 38.9 Å². The van der Waals surface area contributed by atoms with Gasteiger partial charge in [-0.3, -0.25) is 4.79 Å². The van der Waals surface area contributed by atoms with Gasteiger partial charge in [-0.15, -0.1) is 0 Å². The molecule has 0 bridgehead atoms. The summed E-state index contributed by atoms with van der Waals surface area (Å²) in [6, 6.07) is 5.88. The van der Waals surface area contributed by atoms with Crippen molar-refractivity contribution in [3.63, 3.8) is 0 Å². The Morgan fingerprint density at radius 2 is 2.21 bits per heavy atom. The van der Waals surface area contributed by atoms with E-state index in [-0.39, 0.29) is 18.3 Å². The lowest BCUT2D eigenvalue weighted by Gasteiger charge is -2.23. The van der Waals surface area contributed by atoms with Crippen LogP contribution in [0.1, 0.15) is 12.8 Å². The lowest BCUT2D eigenvalue weighted by molar-refractivity contribution is -0.133. The second-order valence-electron chi connectivity index (χ2n) is 6.51. The van der Waals surface area contributed by atoms with Gasteiger partial charge in [-0.1, -0.05) is 6.07 Å². The fourth-order valence-electron chi connectivity index (χ4n) is 3.29. The summed E-state index contributed by atoms with van der Waals surface area (Å²) in [6.45, 7) is 6.14. The number of amides is 1. The van der Waals surface area contributed by atoms with Crippen molar-refractivity contribution >= 4 is 5.91 Å². The molecular weight excluding hydrogens is 311 g/mol. The van der Waals surface area contributed by atoms with Gasteiger partial charge < -0.3 is 19.3 Å². The average molecular weight is 336 g/mol. The number of rotatable bonds is 5. The third kappa shape index (κ3) is 4.92. The van der Waals surface area contributed by atoms with Gasteiger partial charge in [-0.05, 0) is 37.4 Å². The first-order chi connectivity index (χ1) is 11.7. The van der Waals surface area contributed by atoms with Crippen LogP contribution < -0.4 is 4.74 Å². The summed E-state index contributed by atoms with van der Waals surface area (Å²) in [5, 5.41) is 0. The summed E-state index contributed by atoms with van der Waals surface area (Å²) in [4.78, 5) is 16.6. The highest BCUT2D eigenvalue weighted by molar-refractivity contribution is 5.77. The molecule has 2 aliphatic heterocycles. The molecule has 1 unspecified atom stereocenters. The Hall–Kier alpha value is -1.66. The molecule has 2 aliphatic rings. The minimum Gasteiger partial charge on any atom is -0.484 e. The second kappa shape index (κ2) is 8.44. The van der Waals surface area contributed by atoms with E-state index in [1.165, 1.54) is 12.1 Å². The van der Waals surface area contributed by atoms with Gasteiger partial charge in [0.25, 0.3) is 5.91 Å². The third-order valence-corrected chi connectivity index (χ3v) is 4.64. The summed E-state index contributed by atoms with van der Waals surface area (Å²) in [5.74, 6) is 0.621. The molecule has 0 aliphatic carbocycles. The number of carbonyl (C=O) groups excluding carboxylic acids is 1. The average Bonchev–Trinajstić information content (AvgIpc) is 2.97. The Kier molecular flexibility index (Phi) is 6.04. The van der Waals surface area contributed by atoms with Crippen LogP contribution in [0.4, 0.5) is 4.39 Å². The second-order valence-corrected chi connectivity index (χ2v) is 6.51. The van der Waals surface area contributed by atoms with Gasteiger partial charge >= 0.3 is 0 Å². The van der Waals surface area contributed by atoms with Crippen LogP contribution in [0.15, 0.2) is 24.3 Å². The molecule has 0 radical (unpaired) electrons. The molecule has 2 saturated heterocycles. The Labute approximate surface area is 142 Å². The Morgan fingerprint density at radius 3 is 3.00 bits per heavy atom. The third-order valence-electron chi connectivity index (χ3n) is 4.64. The van der Waals surface area contributed by atoms with Gasteiger partial charge in [0.05, 0.1) is 6.61 Å². The predicted octanol–water partition coefficient (Wildman–Crippen LogP) is 1.78. The monoisotopic (exact) mass is 336 g/mol. The largest absolute Gasteiger partial charge is 0.484 e. The highest BCUT2D eigenvalue weighted by Gasteiger charge is 2.23. The molecular formula is C18H25FN2O3. The molecule has 0 spiro atoms. The molecule has 1 amide bonds. The van der Waals surface area contributed by atoms with Crippen LogP contribution in [0.5, 0.6) is 5.75 Å². The van der Waals surface area contributed by atoms with E-state index < -0.39 is 0 Å². The number of carbonyl (C=O) groups is 1. The fraction of sp³-hybridized carbons (Fsp3) is 0.611. The minimum atomic E-state index is -0.360. The number of hydrogen-bond acceptors (Lipinski definition) is 4. The quantitative estimate of drug-likeness (QED) is 0.822. The van der Waals surface area contributed by atoms with E-state index in [1.54, 1.807) is 12.1 Å². The van der Waals surface area contributed by atoms with E-state index >= 15 is 0 Å². The van der Waals surface area contributed by atoms with E-state index in [2.05, 4.69) is 4.90 Å². The first kappa shape index (κ1) is 17.2. The van der Waals surface area contributed by atoms with Gasteiger partial charge in [0.15, 0.2) is 6.61 Å². The first-order valence-electron chi connectivity index (χ1n) is 8.67. The van der Waals surface area contributed by atoms with E-state index in [0.29, 0.717) is 11.7 Å². The van der Waals surface area contributed by atoms with Crippen LogP contribution in [0, 0.1) is 11.7 Å². The molecule has 5 nitrogen and oxygen atoms in total. The van der Waals surface area contributed by atoms with Crippen LogP contribution in [0.2, 0.25) is 0 Å². The summed E-state index contributed by atoms with van der Waals surface area (Å²) in [7, 11) is 0. The lowest BCUT2D eigenvalue weighted by Crippen LogP contribution is -2.38. The van der Waals surface area contributed by atoms with E-state index in [0.717, 1.165) is 58.8 Å². The highest BCUT2D eigenvalue weighted by Crippen LogP contribution is 2.16. The van der Waals surface area contributed by atoms with Crippen molar-refractivity contribution in [1.82, 2.24) is 9.80 Å². The molecule has 1 aromatic carbocycles. The molecule has 2 fully saturated rings. The smallest absolute Gasteiger partial charge is 0.260 e. The van der Waals surface area contributed by atoms with Gasteiger partial charge in [-0.25, -0.2) is 4.39 Å². The van der Waals surface area contributed by atoms with Crippen molar-refractivity contribution in [2.75, 3.05) is 52.5 Å². The number of ether oxygens (including phenoxy) is 2. The SMILES string of the molecule is O=C(COc1cccc(F)c1)N1CCCN(CC2CCOC2)CC1. The highest BCUT2D eigenvalue weighted by atomic mass is 19.1. The Morgan fingerprint density at radius 1 is 1.29 bits per heavy atom. The molecule has 3 rings (SSSR count). The van der Waals surface area contributed by atoms with Crippen molar-refractivity contribution in [3.05, 3.63) is 30.1 Å². The van der Waals surface area contributed by atoms with E-state index in [9.17, 15) is 9.18 Å². The Balaban J connectivity index is 1.43. The van der Waals surface area contributed by atoms with Crippen molar-refractivity contribution in [2.45, 2.75) is 12.8 Å². The fourth-order valence-corrected chi connectivity index (χ4v) is 3.29. The zero-order valence-electron chi connectivity index (χ0n) is 14.0. The number of nitrogens with zero attached hydrogens (tertiary/aromatic N) is 2. The van der Waals surface area contributed by atoms with Crippen LogP contribution in [-0.2, 0) is 9.53 Å². The minimum absolute atomic E-state index is 0.0367. The lowest BCUT2D eigenvalue weighted by atomic mass is 10.1. The summed E-state index contributed by atoms with van der Waals surface area (Å²) >= 11 is 0. The normalized spacial score (nSPS) is 22.4. The van der Waals surface area contributed by atoms with Gasteiger partial charge in [0.2, 0.25) is 0 Å². The van der Waals surface area contributed by atoms with Crippen molar-refractivity contribution < 1.29 is 18.7 Å². The Bertz CT molecular complexity index is 549. The maximum Gasteiger partial charge on any atom is 0.260 e. The maximum absolute atomic E-state index is 13.1. The predicted molar refractivity (Wildman–Crippen MR) is 88.5 cm³/mol. The standard InChI is InChI=1S/C18H25FN2O3/c19-16-3-1-4-17(11-16)24-14-18(22)21-7-2-6-20(8-9-21)12-15-5-10-23-13-15/h1,3-4,11,15H,2,5-10,12-14H2. The number of benzene rings is 1. The number of halogens is 1. The molecule has 0 N–H and O–H groups in total. The van der Waals surface area contributed by atoms with Crippen LogP contribution in [-0.4, -0.2) is 68.3 Å². The molecule has 0 aromatic heterocycles. The van der Waals surface area contributed by atoms with Crippen molar-refractivity contribution in [1.29, 1.82) is 0 Å². The summed E-state index contributed by atoms with van der Waals surface area (Å²) in [6.07, 6.45) is 2.11. The van der Waals surface area contributed by atoms with Gasteiger partial charge in [-0.2, -0.15) is 0 Å². The van der Waals surface area contributed by atoms with E-state index in [1.807, 2.05) is 4.90 Å². The summed E-state index contributed by atoms with van der Waals surface area (Å²) < 4.78 is 24.0.